The Hall–Kier alpha value is -0.920. The molecule has 0 spiro atoms. The minimum atomic E-state index is -3.25. The SMILES string of the molecule is CCCNCC(C)S(=O)(=O)NCCc1ncc[nH]1. The number of imidazole rings is 1. The topological polar surface area (TPSA) is 86.9 Å². The third-order valence-electron chi connectivity index (χ3n) is 2.61. The second-order valence-corrected chi connectivity index (χ2v) is 6.42. The van der Waals surface area contributed by atoms with Crippen LogP contribution in [0.2, 0.25) is 0 Å². The van der Waals surface area contributed by atoms with E-state index in [1.54, 1.807) is 19.3 Å². The van der Waals surface area contributed by atoms with Gasteiger partial charge in [-0.15, -0.1) is 0 Å². The molecule has 104 valence electrons. The number of rotatable bonds is 9. The summed E-state index contributed by atoms with van der Waals surface area (Å²) in [7, 11) is -3.25. The van der Waals surface area contributed by atoms with Crippen molar-refractivity contribution in [2.24, 2.45) is 0 Å². The van der Waals surface area contributed by atoms with Crippen molar-refractivity contribution in [1.29, 1.82) is 0 Å². The highest BCUT2D eigenvalue weighted by molar-refractivity contribution is 7.90. The summed E-state index contributed by atoms with van der Waals surface area (Å²) in [6.07, 6.45) is 4.95. The Morgan fingerprint density at radius 1 is 1.44 bits per heavy atom. The fraction of sp³-hybridized carbons (Fsp3) is 0.727. The first-order valence-corrected chi connectivity index (χ1v) is 7.78. The standard InChI is InChI=1S/C11H22N4O2S/c1-3-5-12-9-10(2)18(16,17)15-6-4-11-13-7-8-14-11/h7-8,10,12,15H,3-6,9H2,1-2H3,(H,13,14). The lowest BCUT2D eigenvalue weighted by Crippen LogP contribution is -2.39. The number of hydrogen-bond acceptors (Lipinski definition) is 4. The van der Waals surface area contributed by atoms with Crippen LogP contribution in [0.4, 0.5) is 0 Å². The van der Waals surface area contributed by atoms with Gasteiger partial charge in [0.05, 0.1) is 5.25 Å². The van der Waals surface area contributed by atoms with Gasteiger partial charge < -0.3 is 10.3 Å². The molecular formula is C11H22N4O2S. The van der Waals surface area contributed by atoms with Gasteiger partial charge >= 0.3 is 0 Å². The number of aromatic amines is 1. The van der Waals surface area contributed by atoms with Gasteiger partial charge in [0, 0.05) is 31.9 Å². The number of H-pyrrole nitrogens is 1. The maximum atomic E-state index is 11.9. The molecule has 1 heterocycles. The monoisotopic (exact) mass is 274 g/mol. The molecule has 1 aromatic rings. The third kappa shape index (κ3) is 5.16. The van der Waals surface area contributed by atoms with E-state index in [1.807, 2.05) is 6.92 Å². The highest BCUT2D eigenvalue weighted by Gasteiger charge is 2.19. The van der Waals surface area contributed by atoms with Gasteiger partial charge in [0.25, 0.3) is 0 Å². The molecule has 0 aromatic carbocycles. The van der Waals surface area contributed by atoms with E-state index in [-0.39, 0.29) is 0 Å². The van der Waals surface area contributed by atoms with Crippen LogP contribution in [0, 0.1) is 0 Å². The second kappa shape index (κ2) is 7.50. The van der Waals surface area contributed by atoms with Crippen molar-refractivity contribution in [1.82, 2.24) is 20.0 Å². The van der Waals surface area contributed by atoms with Crippen molar-refractivity contribution in [2.45, 2.75) is 31.9 Å². The predicted octanol–water partition coefficient (Wildman–Crippen LogP) is 0.260. The highest BCUT2D eigenvalue weighted by atomic mass is 32.2. The van der Waals surface area contributed by atoms with Gasteiger partial charge in [-0.05, 0) is 19.9 Å². The number of hydrogen-bond donors (Lipinski definition) is 3. The van der Waals surface area contributed by atoms with Crippen molar-refractivity contribution >= 4 is 10.0 Å². The van der Waals surface area contributed by atoms with Crippen molar-refractivity contribution in [2.75, 3.05) is 19.6 Å². The van der Waals surface area contributed by atoms with Gasteiger partial charge in [0.1, 0.15) is 5.82 Å². The molecule has 1 atom stereocenters. The summed E-state index contributed by atoms with van der Waals surface area (Å²) in [5.74, 6) is 0.787. The lowest BCUT2D eigenvalue weighted by atomic mass is 10.4. The molecule has 0 bridgehead atoms. The molecule has 0 aliphatic carbocycles. The maximum absolute atomic E-state index is 11.9. The molecule has 18 heavy (non-hydrogen) atoms. The Morgan fingerprint density at radius 3 is 2.83 bits per heavy atom. The normalized spacial score (nSPS) is 13.7. The fourth-order valence-corrected chi connectivity index (χ4v) is 2.49. The lowest BCUT2D eigenvalue weighted by Gasteiger charge is -2.14. The average Bonchev–Trinajstić information content (AvgIpc) is 2.82. The minimum Gasteiger partial charge on any atom is -0.349 e. The molecular weight excluding hydrogens is 252 g/mol. The zero-order valence-corrected chi connectivity index (χ0v) is 11.8. The third-order valence-corrected chi connectivity index (χ3v) is 4.44. The van der Waals surface area contributed by atoms with Gasteiger partial charge in [0.2, 0.25) is 10.0 Å². The second-order valence-electron chi connectivity index (χ2n) is 4.24. The van der Waals surface area contributed by atoms with Gasteiger partial charge in [-0.1, -0.05) is 6.92 Å². The molecule has 1 aromatic heterocycles. The summed E-state index contributed by atoms with van der Waals surface area (Å²) in [6.45, 7) is 5.44. The van der Waals surface area contributed by atoms with Gasteiger partial charge in [-0.3, -0.25) is 0 Å². The molecule has 1 unspecified atom stereocenters. The summed E-state index contributed by atoms with van der Waals surface area (Å²) in [4.78, 5) is 6.97. The molecule has 0 fully saturated rings. The average molecular weight is 274 g/mol. The Kier molecular flexibility index (Phi) is 6.31. The molecule has 7 heteroatoms. The zero-order chi connectivity index (χ0) is 13.4. The Morgan fingerprint density at radius 2 is 2.22 bits per heavy atom. The van der Waals surface area contributed by atoms with E-state index < -0.39 is 15.3 Å². The molecule has 0 aliphatic rings. The van der Waals surface area contributed by atoms with Gasteiger partial charge in [0.15, 0.2) is 0 Å². The van der Waals surface area contributed by atoms with E-state index in [1.165, 1.54) is 0 Å². The van der Waals surface area contributed by atoms with Crippen molar-refractivity contribution in [3.05, 3.63) is 18.2 Å². The molecule has 6 nitrogen and oxygen atoms in total. The van der Waals surface area contributed by atoms with E-state index in [4.69, 9.17) is 0 Å². The zero-order valence-electron chi connectivity index (χ0n) is 10.9. The summed E-state index contributed by atoms with van der Waals surface area (Å²) in [6, 6.07) is 0. The molecule has 0 aliphatic heterocycles. The summed E-state index contributed by atoms with van der Waals surface area (Å²) < 4.78 is 26.3. The lowest BCUT2D eigenvalue weighted by molar-refractivity contribution is 0.556. The van der Waals surface area contributed by atoms with Crippen LogP contribution in [-0.4, -0.2) is 43.3 Å². The molecule has 3 N–H and O–H groups in total. The molecule has 0 saturated carbocycles. The van der Waals surface area contributed by atoms with E-state index in [0.717, 1.165) is 18.8 Å². The largest absolute Gasteiger partial charge is 0.349 e. The first-order chi connectivity index (χ1) is 8.56. The van der Waals surface area contributed by atoms with E-state index >= 15 is 0 Å². The maximum Gasteiger partial charge on any atom is 0.215 e. The molecule has 0 radical (unpaired) electrons. The van der Waals surface area contributed by atoms with Crippen LogP contribution >= 0.6 is 0 Å². The van der Waals surface area contributed by atoms with Crippen LogP contribution in [0.25, 0.3) is 0 Å². The number of sulfonamides is 1. The van der Waals surface area contributed by atoms with Crippen molar-refractivity contribution in [3.8, 4) is 0 Å². The molecule has 0 amide bonds. The predicted molar refractivity (Wildman–Crippen MR) is 71.8 cm³/mol. The van der Waals surface area contributed by atoms with Gasteiger partial charge in [-0.25, -0.2) is 18.1 Å². The number of aromatic nitrogens is 2. The van der Waals surface area contributed by atoms with Crippen LogP contribution in [0.5, 0.6) is 0 Å². The fourth-order valence-electron chi connectivity index (χ4n) is 1.48. The minimum absolute atomic E-state index is 0.369. The van der Waals surface area contributed by atoms with E-state index in [0.29, 0.717) is 19.5 Å². The van der Waals surface area contributed by atoms with E-state index in [2.05, 4.69) is 20.0 Å². The number of nitrogens with one attached hydrogen (secondary N) is 3. The summed E-state index contributed by atoms with van der Waals surface area (Å²) in [5.41, 5.74) is 0. The smallest absolute Gasteiger partial charge is 0.215 e. The van der Waals surface area contributed by atoms with Crippen LogP contribution < -0.4 is 10.0 Å². The van der Waals surface area contributed by atoms with Crippen LogP contribution in [0.15, 0.2) is 12.4 Å². The van der Waals surface area contributed by atoms with Crippen LogP contribution in [-0.2, 0) is 16.4 Å². The Balaban J connectivity index is 2.30. The summed E-state index contributed by atoms with van der Waals surface area (Å²) in [5, 5.41) is 2.68. The Labute approximate surface area is 109 Å². The van der Waals surface area contributed by atoms with Gasteiger partial charge in [-0.2, -0.15) is 0 Å². The Bertz CT molecular complexity index is 416. The first-order valence-electron chi connectivity index (χ1n) is 6.23. The van der Waals surface area contributed by atoms with E-state index in [9.17, 15) is 8.42 Å². The van der Waals surface area contributed by atoms with Crippen molar-refractivity contribution in [3.63, 3.8) is 0 Å². The number of nitrogens with zero attached hydrogens (tertiary/aromatic N) is 1. The first kappa shape index (κ1) is 15.1. The van der Waals surface area contributed by atoms with Crippen molar-refractivity contribution < 1.29 is 8.42 Å². The molecule has 1 rings (SSSR count). The highest BCUT2D eigenvalue weighted by Crippen LogP contribution is 1.97. The molecule has 0 saturated heterocycles. The van der Waals surface area contributed by atoms with Crippen LogP contribution in [0.1, 0.15) is 26.1 Å². The van der Waals surface area contributed by atoms with Crippen LogP contribution in [0.3, 0.4) is 0 Å². The summed E-state index contributed by atoms with van der Waals surface area (Å²) >= 11 is 0. The quantitative estimate of drug-likeness (QED) is 0.564.